The third kappa shape index (κ3) is 2.87. The fraction of sp³-hybridized carbons (Fsp3) is 0.571. The first kappa shape index (κ1) is 12.4. The number of hydrogen-bond donors (Lipinski definition) is 1. The molecule has 0 unspecified atom stereocenters. The Morgan fingerprint density at radius 3 is 3.00 bits per heavy atom. The van der Waals surface area contributed by atoms with Gasteiger partial charge in [0, 0.05) is 30.7 Å². The Hall–Kier alpha value is -1.62. The van der Waals surface area contributed by atoms with Crippen molar-refractivity contribution in [2.45, 2.75) is 51.9 Å². The molecule has 5 nitrogen and oxygen atoms in total. The largest absolute Gasteiger partial charge is 0.330 e. The van der Waals surface area contributed by atoms with Crippen LogP contribution < -0.4 is 5.32 Å². The van der Waals surface area contributed by atoms with Crippen LogP contribution in [0, 0.1) is 0 Å². The van der Waals surface area contributed by atoms with Crippen molar-refractivity contribution in [2.75, 3.05) is 0 Å². The van der Waals surface area contributed by atoms with E-state index in [-0.39, 0.29) is 0 Å². The summed E-state index contributed by atoms with van der Waals surface area (Å²) < 4.78 is 4.50. The second-order valence-corrected chi connectivity index (χ2v) is 5.53. The summed E-state index contributed by atoms with van der Waals surface area (Å²) in [5, 5.41) is 3.41. The van der Waals surface area contributed by atoms with Gasteiger partial charge >= 0.3 is 0 Å². The Morgan fingerprint density at radius 2 is 2.26 bits per heavy atom. The van der Waals surface area contributed by atoms with Crippen molar-refractivity contribution in [3.05, 3.63) is 36.4 Å². The summed E-state index contributed by atoms with van der Waals surface area (Å²) in [7, 11) is 0. The number of nitrogens with zero attached hydrogens (tertiary/aromatic N) is 4. The summed E-state index contributed by atoms with van der Waals surface area (Å²) >= 11 is 0. The minimum absolute atomic E-state index is 0.474. The minimum atomic E-state index is 0.474. The van der Waals surface area contributed by atoms with Crippen LogP contribution in [0.2, 0.25) is 0 Å². The molecule has 102 valence electrons. The van der Waals surface area contributed by atoms with Gasteiger partial charge < -0.3 is 14.5 Å². The van der Waals surface area contributed by atoms with Gasteiger partial charge in [-0.15, -0.1) is 0 Å². The summed E-state index contributed by atoms with van der Waals surface area (Å²) in [4.78, 5) is 8.71. The minimum Gasteiger partial charge on any atom is -0.330 e. The normalized spacial score (nSPS) is 15.3. The topological polar surface area (TPSA) is 47.7 Å². The Balaban J connectivity index is 1.72. The fourth-order valence-corrected chi connectivity index (χ4v) is 2.26. The first-order valence-corrected chi connectivity index (χ1v) is 6.98. The quantitative estimate of drug-likeness (QED) is 0.862. The maximum absolute atomic E-state index is 4.43. The molecule has 1 fully saturated rings. The predicted octanol–water partition coefficient (Wildman–Crippen LogP) is 1.96. The van der Waals surface area contributed by atoms with E-state index in [0.717, 1.165) is 18.9 Å². The van der Waals surface area contributed by atoms with E-state index < -0.39 is 0 Å². The number of hydrogen-bond acceptors (Lipinski definition) is 3. The SMILES string of the molecule is CC(C)NCc1nccn1Cc1cncn1C1CC1. The van der Waals surface area contributed by atoms with Crippen LogP contribution in [-0.2, 0) is 13.1 Å². The van der Waals surface area contributed by atoms with Gasteiger partial charge in [-0.1, -0.05) is 13.8 Å². The van der Waals surface area contributed by atoms with E-state index in [4.69, 9.17) is 0 Å². The van der Waals surface area contributed by atoms with E-state index in [0.29, 0.717) is 12.1 Å². The zero-order valence-electron chi connectivity index (χ0n) is 11.6. The van der Waals surface area contributed by atoms with E-state index in [1.807, 2.05) is 24.9 Å². The van der Waals surface area contributed by atoms with Crippen LogP contribution in [0.5, 0.6) is 0 Å². The fourth-order valence-electron chi connectivity index (χ4n) is 2.26. The van der Waals surface area contributed by atoms with E-state index in [9.17, 15) is 0 Å². The van der Waals surface area contributed by atoms with Gasteiger partial charge in [-0.05, 0) is 12.8 Å². The highest BCUT2D eigenvalue weighted by atomic mass is 15.2. The average molecular weight is 259 g/mol. The lowest BCUT2D eigenvalue weighted by atomic mass is 10.4. The molecular formula is C14H21N5. The molecule has 0 bridgehead atoms. The third-order valence-corrected chi connectivity index (χ3v) is 3.49. The molecule has 1 N–H and O–H groups in total. The second kappa shape index (κ2) is 5.17. The number of imidazole rings is 2. The molecule has 1 aliphatic carbocycles. The van der Waals surface area contributed by atoms with Gasteiger partial charge in [0.1, 0.15) is 5.82 Å². The van der Waals surface area contributed by atoms with Crippen LogP contribution in [0.4, 0.5) is 0 Å². The zero-order valence-corrected chi connectivity index (χ0v) is 11.6. The van der Waals surface area contributed by atoms with E-state index >= 15 is 0 Å². The van der Waals surface area contributed by atoms with Gasteiger partial charge in [0.15, 0.2) is 0 Å². The lowest BCUT2D eigenvalue weighted by Crippen LogP contribution is -2.24. The van der Waals surface area contributed by atoms with Crippen LogP contribution in [0.1, 0.15) is 44.2 Å². The summed E-state index contributed by atoms with van der Waals surface area (Å²) in [5.74, 6) is 1.08. The van der Waals surface area contributed by atoms with Gasteiger partial charge in [0.2, 0.25) is 0 Å². The molecule has 2 heterocycles. The highest BCUT2D eigenvalue weighted by Gasteiger charge is 2.25. The third-order valence-electron chi connectivity index (χ3n) is 3.49. The zero-order chi connectivity index (χ0) is 13.2. The monoisotopic (exact) mass is 259 g/mol. The first-order valence-electron chi connectivity index (χ1n) is 6.98. The second-order valence-electron chi connectivity index (χ2n) is 5.53. The summed E-state index contributed by atoms with van der Waals surface area (Å²) in [6, 6.07) is 1.15. The van der Waals surface area contributed by atoms with Crippen molar-refractivity contribution in [1.29, 1.82) is 0 Å². The molecule has 2 aromatic heterocycles. The summed E-state index contributed by atoms with van der Waals surface area (Å²) in [5.41, 5.74) is 1.27. The molecule has 5 heteroatoms. The number of nitrogens with one attached hydrogen (secondary N) is 1. The molecule has 0 amide bonds. The average Bonchev–Trinajstić information content (AvgIpc) is 2.96. The maximum Gasteiger partial charge on any atom is 0.123 e. The van der Waals surface area contributed by atoms with Gasteiger partial charge in [-0.2, -0.15) is 0 Å². The van der Waals surface area contributed by atoms with E-state index in [1.165, 1.54) is 18.5 Å². The lowest BCUT2D eigenvalue weighted by molar-refractivity contribution is 0.548. The van der Waals surface area contributed by atoms with Crippen LogP contribution in [0.3, 0.4) is 0 Å². The van der Waals surface area contributed by atoms with E-state index in [2.05, 4.69) is 38.3 Å². The molecule has 0 saturated heterocycles. The Bertz CT molecular complexity index is 536. The van der Waals surface area contributed by atoms with Crippen molar-refractivity contribution in [1.82, 2.24) is 24.4 Å². The Kier molecular flexibility index (Phi) is 3.38. The van der Waals surface area contributed by atoms with Crippen LogP contribution in [-0.4, -0.2) is 25.1 Å². The molecule has 1 aliphatic rings. The van der Waals surface area contributed by atoms with Gasteiger partial charge in [-0.3, -0.25) is 0 Å². The van der Waals surface area contributed by atoms with Crippen molar-refractivity contribution in [2.24, 2.45) is 0 Å². The van der Waals surface area contributed by atoms with Crippen molar-refractivity contribution >= 4 is 0 Å². The molecule has 3 rings (SSSR count). The van der Waals surface area contributed by atoms with Crippen molar-refractivity contribution < 1.29 is 0 Å². The van der Waals surface area contributed by atoms with Crippen LogP contribution in [0.15, 0.2) is 24.9 Å². The molecule has 0 radical (unpaired) electrons. The first-order chi connectivity index (χ1) is 9.24. The standard InChI is InChI=1S/C14H21N5/c1-11(2)17-8-14-16-5-6-18(14)9-13-7-15-10-19(13)12-3-4-12/h5-7,10-12,17H,3-4,8-9H2,1-2H3. The van der Waals surface area contributed by atoms with Crippen LogP contribution >= 0.6 is 0 Å². The number of rotatable bonds is 6. The van der Waals surface area contributed by atoms with Gasteiger partial charge in [-0.25, -0.2) is 9.97 Å². The molecule has 0 aliphatic heterocycles. The lowest BCUT2D eigenvalue weighted by Gasteiger charge is -2.12. The van der Waals surface area contributed by atoms with Gasteiger partial charge in [0.25, 0.3) is 0 Å². The molecule has 2 aromatic rings. The highest BCUT2D eigenvalue weighted by Crippen LogP contribution is 2.35. The molecule has 19 heavy (non-hydrogen) atoms. The van der Waals surface area contributed by atoms with Crippen molar-refractivity contribution in [3.8, 4) is 0 Å². The summed E-state index contributed by atoms with van der Waals surface area (Å²) in [6.07, 6.45) is 10.4. The predicted molar refractivity (Wildman–Crippen MR) is 73.8 cm³/mol. The smallest absolute Gasteiger partial charge is 0.123 e. The highest BCUT2D eigenvalue weighted by molar-refractivity contribution is 5.06. The molecule has 0 spiro atoms. The Labute approximate surface area is 113 Å². The maximum atomic E-state index is 4.43. The molecular weight excluding hydrogens is 238 g/mol. The molecule has 1 saturated carbocycles. The van der Waals surface area contributed by atoms with Gasteiger partial charge in [0.05, 0.1) is 25.1 Å². The molecule has 0 atom stereocenters. The Morgan fingerprint density at radius 1 is 1.42 bits per heavy atom. The van der Waals surface area contributed by atoms with E-state index in [1.54, 1.807) is 0 Å². The summed E-state index contributed by atoms with van der Waals surface area (Å²) in [6.45, 7) is 5.96. The van der Waals surface area contributed by atoms with Crippen molar-refractivity contribution in [3.63, 3.8) is 0 Å². The number of aromatic nitrogens is 4. The molecule has 0 aromatic carbocycles. The van der Waals surface area contributed by atoms with Crippen LogP contribution in [0.25, 0.3) is 0 Å².